The lowest BCUT2D eigenvalue weighted by Gasteiger charge is -2.17. The highest BCUT2D eigenvalue weighted by molar-refractivity contribution is 5.87. The topological polar surface area (TPSA) is 155 Å². The van der Waals surface area contributed by atoms with E-state index in [2.05, 4.69) is 0 Å². The van der Waals surface area contributed by atoms with Crippen LogP contribution in [0.4, 0.5) is 0 Å². The Labute approximate surface area is 169 Å². The first-order chi connectivity index (χ1) is 13.5. The van der Waals surface area contributed by atoms with Crippen molar-refractivity contribution in [3.8, 4) is 23.0 Å². The van der Waals surface area contributed by atoms with Crippen LogP contribution in [0.1, 0.15) is 11.3 Å². The van der Waals surface area contributed by atoms with Crippen LogP contribution < -0.4 is 32.7 Å². The summed E-state index contributed by atoms with van der Waals surface area (Å²) in [4.78, 5) is 0. The van der Waals surface area contributed by atoms with Crippen LogP contribution in [0, 0.1) is 10.2 Å². The van der Waals surface area contributed by atoms with Gasteiger partial charge in [-0.2, -0.15) is 0 Å². The standard InChI is InChI=1S/C19H19NO4.ClHO4/c1-20-7-6-13-10-19(24-3)17(22)11-14(13)15(20)8-12-4-5-18(23-2)16(21)9-12;2-1(3,4)5/h4-7,9-11H,8H2,1-3H3,(H-,21,22);(H,2,3,4,5). The third-order valence-electron chi connectivity index (χ3n) is 4.18. The molecule has 9 nitrogen and oxygen atoms in total. The van der Waals surface area contributed by atoms with Crippen LogP contribution in [0.2, 0.25) is 0 Å². The van der Waals surface area contributed by atoms with Crippen molar-refractivity contribution >= 4 is 10.8 Å². The summed E-state index contributed by atoms with van der Waals surface area (Å²) in [5.74, 6) is 1.12. The van der Waals surface area contributed by atoms with E-state index in [1.807, 2.05) is 36.0 Å². The van der Waals surface area contributed by atoms with Gasteiger partial charge in [0.25, 0.3) is 0 Å². The molecule has 0 saturated carbocycles. The summed E-state index contributed by atoms with van der Waals surface area (Å²) in [7, 11) is 0.0693. The van der Waals surface area contributed by atoms with Crippen molar-refractivity contribution in [2.75, 3.05) is 14.2 Å². The summed E-state index contributed by atoms with van der Waals surface area (Å²) in [6, 6.07) is 10.9. The molecule has 0 spiro atoms. The first kappa shape index (κ1) is 22.5. The number of benzene rings is 2. The molecule has 3 rings (SSSR count). The Morgan fingerprint density at radius 1 is 0.897 bits per heavy atom. The van der Waals surface area contributed by atoms with Crippen LogP contribution in [0.15, 0.2) is 42.6 Å². The molecule has 1 aromatic heterocycles. The summed E-state index contributed by atoms with van der Waals surface area (Å²) in [5, 5.41) is 22.0. The number of rotatable bonds is 4. The second-order valence-corrected chi connectivity index (χ2v) is 6.80. The van der Waals surface area contributed by atoms with Crippen molar-refractivity contribution in [2.45, 2.75) is 6.42 Å². The number of halogens is 1. The lowest BCUT2D eigenvalue weighted by molar-refractivity contribution is -2.00. The fourth-order valence-corrected chi connectivity index (χ4v) is 2.87. The molecule has 0 unspecified atom stereocenters. The Balaban J connectivity index is 0.000000537. The van der Waals surface area contributed by atoms with Gasteiger partial charge in [-0.1, -0.05) is 6.07 Å². The summed E-state index contributed by atoms with van der Waals surface area (Å²) >= 11 is 0. The second kappa shape index (κ2) is 9.12. The molecule has 3 aromatic rings. The van der Waals surface area contributed by atoms with E-state index in [1.165, 1.54) is 14.2 Å². The minimum Gasteiger partial charge on any atom is -0.504 e. The average Bonchev–Trinajstić information content (AvgIpc) is 2.63. The molecule has 2 aromatic carbocycles. The molecule has 0 aliphatic heterocycles. The number of hydrogen-bond acceptors (Lipinski definition) is 8. The first-order valence-electron chi connectivity index (χ1n) is 8.19. The number of fused-ring (bicyclic) bond motifs is 1. The fourth-order valence-electron chi connectivity index (χ4n) is 2.87. The van der Waals surface area contributed by atoms with E-state index >= 15 is 0 Å². The summed E-state index contributed by atoms with van der Waals surface area (Å²) in [6.45, 7) is 0. The van der Waals surface area contributed by atoms with Crippen molar-refractivity contribution in [3.63, 3.8) is 0 Å². The van der Waals surface area contributed by atoms with E-state index in [9.17, 15) is 10.2 Å². The Morgan fingerprint density at radius 3 is 2.03 bits per heavy atom. The van der Waals surface area contributed by atoms with Crippen LogP contribution in [-0.4, -0.2) is 24.4 Å². The maximum atomic E-state index is 10.1. The van der Waals surface area contributed by atoms with Gasteiger partial charge in [0.1, 0.15) is 7.05 Å². The van der Waals surface area contributed by atoms with Gasteiger partial charge in [-0.25, -0.2) is 23.2 Å². The van der Waals surface area contributed by atoms with Crippen LogP contribution in [-0.2, 0) is 13.5 Å². The number of hydrogen-bond donors (Lipinski definition) is 2. The largest absolute Gasteiger partial charge is 0.504 e. The molecule has 0 amide bonds. The summed E-state index contributed by atoms with van der Waals surface area (Å²) in [6.07, 6.45) is 2.58. The summed E-state index contributed by atoms with van der Waals surface area (Å²) < 4.78 is 46.2. The van der Waals surface area contributed by atoms with Gasteiger partial charge < -0.3 is 19.7 Å². The lowest BCUT2D eigenvalue weighted by Crippen LogP contribution is -2.68. The van der Waals surface area contributed by atoms with Gasteiger partial charge in [0, 0.05) is 6.07 Å². The number of aryl methyl sites for hydroxylation is 1. The van der Waals surface area contributed by atoms with Crippen LogP contribution in [0.3, 0.4) is 0 Å². The maximum absolute atomic E-state index is 10.1. The van der Waals surface area contributed by atoms with Crippen molar-refractivity contribution < 1.29 is 53.1 Å². The zero-order valence-corrected chi connectivity index (χ0v) is 16.7. The quantitative estimate of drug-likeness (QED) is 0.451. The van der Waals surface area contributed by atoms with E-state index in [-0.39, 0.29) is 11.5 Å². The van der Waals surface area contributed by atoms with E-state index in [1.54, 1.807) is 18.2 Å². The predicted octanol–water partition coefficient (Wildman–Crippen LogP) is -2.07. The van der Waals surface area contributed by atoms with Crippen LogP contribution >= 0.6 is 0 Å². The highest BCUT2D eigenvalue weighted by Gasteiger charge is 2.16. The zero-order chi connectivity index (χ0) is 21.8. The van der Waals surface area contributed by atoms with E-state index in [0.29, 0.717) is 17.9 Å². The van der Waals surface area contributed by atoms with Crippen LogP contribution in [0.25, 0.3) is 10.8 Å². The van der Waals surface area contributed by atoms with Crippen LogP contribution in [0.5, 0.6) is 23.0 Å². The molecule has 1 heterocycles. The molecule has 0 fully saturated rings. The third-order valence-corrected chi connectivity index (χ3v) is 4.18. The van der Waals surface area contributed by atoms with Gasteiger partial charge in [-0.15, -0.1) is 10.2 Å². The number of pyridine rings is 1. The third kappa shape index (κ3) is 6.08. The van der Waals surface area contributed by atoms with Gasteiger partial charge in [0.05, 0.1) is 26.0 Å². The van der Waals surface area contributed by atoms with Crippen molar-refractivity contribution in [1.29, 1.82) is 0 Å². The number of aromatic hydroxyl groups is 2. The van der Waals surface area contributed by atoms with Gasteiger partial charge in [0.15, 0.2) is 34.9 Å². The van der Waals surface area contributed by atoms with Crippen molar-refractivity contribution in [1.82, 2.24) is 0 Å². The van der Waals surface area contributed by atoms with E-state index in [4.69, 9.17) is 28.1 Å². The molecule has 10 heteroatoms. The molecule has 29 heavy (non-hydrogen) atoms. The molecule has 0 aliphatic rings. The Hall–Kier alpha value is -2.82. The number of methoxy groups -OCH3 is 2. The smallest absolute Gasteiger partial charge is 0.193 e. The first-order valence-corrected chi connectivity index (χ1v) is 9.42. The summed E-state index contributed by atoms with van der Waals surface area (Å²) in [5.41, 5.74) is 1.97. The number of nitrogens with zero attached hydrogens (tertiary/aromatic N) is 1. The number of phenols is 2. The molecular formula is C19H20ClNO8. The Bertz CT molecular complexity index is 998. The zero-order valence-electron chi connectivity index (χ0n) is 15.9. The molecule has 0 atom stereocenters. The Morgan fingerprint density at radius 2 is 1.48 bits per heavy atom. The SMILES string of the molecule is COc1ccc(Cc2c3cc(O)c(OC)cc3cc[n+]2C)cc1O.[O-][Cl+3]([O-])([O-])[O-]. The number of phenolic OH excluding ortho intramolecular Hbond substituents is 2. The van der Waals surface area contributed by atoms with Gasteiger partial charge in [0.2, 0.25) is 0 Å². The highest BCUT2D eigenvalue weighted by atomic mass is 35.7. The molecule has 2 N–H and O–H groups in total. The molecule has 0 radical (unpaired) electrons. The highest BCUT2D eigenvalue weighted by Crippen LogP contribution is 2.33. The van der Waals surface area contributed by atoms with E-state index in [0.717, 1.165) is 22.0 Å². The maximum Gasteiger partial charge on any atom is 0.193 e. The average molecular weight is 426 g/mol. The predicted molar refractivity (Wildman–Crippen MR) is 90.8 cm³/mol. The van der Waals surface area contributed by atoms with Crippen molar-refractivity contribution in [3.05, 3.63) is 53.9 Å². The molecule has 0 saturated heterocycles. The van der Waals surface area contributed by atoms with Gasteiger partial charge in [-0.05, 0) is 35.2 Å². The normalized spacial score (nSPS) is 11.0. The van der Waals surface area contributed by atoms with Gasteiger partial charge >= 0.3 is 0 Å². The number of ether oxygens (including phenoxy) is 2. The van der Waals surface area contributed by atoms with Gasteiger partial charge in [-0.3, -0.25) is 0 Å². The minimum absolute atomic E-state index is 0.107. The molecule has 0 aliphatic carbocycles. The fraction of sp³-hybridized carbons (Fsp3) is 0.211. The molecular weight excluding hydrogens is 406 g/mol. The lowest BCUT2D eigenvalue weighted by atomic mass is 10.0. The minimum atomic E-state index is -4.94. The molecule has 156 valence electrons. The second-order valence-electron chi connectivity index (χ2n) is 6.05. The number of aromatic nitrogens is 1. The van der Waals surface area contributed by atoms with E-state index < -0.39 is 10.2 Å². The monoisotopic (exact) mass is 425 g/mol. The Kier molecular flexibility index (Phi) is 7.07. The van der Waals surface area contributed by atoms with Crippen molar-refractivity contribution in [2.24, 2.45) is 7.05 Å². The molecule has 0 bridgehead atoms.